The van der Waals surface area contributed by atoms with E-state index in [2.05, 4.69) is 46.1 Å². The minimum absolute atomic E-state index is 0.192. The first kappa shape index (κ1) is 19.9. The minimum atomic E-state index is -1.03. The Labute approximate surface area is 183 Å². The van der Waals surface area contributed by atoms with Crippen molar-refractivity contribution in [1.29, 1.82) is 0 Å². The average molecular weight is 420 g/mol. The van der Waals surface area contributed by atoms with E-state index in [1.807, 2.05) is 24.0 Å². The van der Waals surface area contributed by atoms with Gasteiger partial charge in [0.2, 0.25) is 0 Å². The van der Waals surface area contributed by atoms with Crippen molar-refractivity contribution < 1.29 is 5.11 Å². The Kier molecular flexibility index (Phi) is 5.49. The second-order valence-corrected chi connectivity index (χ2v) is 9.89. The molecule has 30 heavy (non-hydrogen) atoms. The van der Waals surface area contributed by atoms with Gasteiger partial charge in [-0.1, -0.05) is 36.3 Å². The van der Waals surface area contributed by atoms with Gasteiger partial charge in [-0.15, -0.1) is 6.42 Å². The summed E-state index contributed by atoms with van der Waals surface area (Å²) in [5, 5.41) is 12.1. The third-order valence-electron chi connectivity index (χ3n) is 7.07. The summed E-state index contributed by atoms with van der Waals surface area (Å²) < 4.78 is 0. The molecule has 5 heterocycles. The number of fused-ring (bicyclic) bond motifs is 3. The number of hydrogen-bond acceptors (Lipinski definition) is 5. The van der Waals surface area contributed by atoms with Crippen molar-refractivity contribution >= 4 is 17.6 Å². The molecule has 2 aromatic rings. The maximum atomic E-state index is 12.1. The van der Waals surface area contributed by atoms with Crippen LogP contribution in [0, 0.1) is 18.3 Å². The van der Waals surface area contributed by atoms with E-state index in [0.717, 1.165) is 73.9 Å². The predicted octanol–water partition coefficient (Wildman–Crippen LogP) is 3.14. The van der Waals surface area contributed by atoms with Gasteiger partial charge in [-0.3, -0.25) is 4.90 Å². The van der Waals surface area contributed by atoms with Crippen LogP contribution in [0.5, 0.6) is 0 Å². The highest BCUT2D eigenvalue weighted by Gasteiger charge is 2.54. The quantitative estimate of drug-likeness (QED) is 0.771. The van der Waals surface area contributed by atoms with Crippen molar-refractivity contribution in [2.45, 2.75) is 30.9 Å². The highest BCUT2D eigenvalue weighted by Crippen LogP contribution is 2.48. The highest BCUT2D eigenvalue weighted by atomic mass is 32.2. The number of terminal acetylenes is 1. The van der Waals surface area contributed by atoms with Gasteiger partial charge in [-0.05, 0) is 55.5 Å². The summed E-state index contributed by atoms with van der Waals surface area (Å²) in [6, 6.07) is 12.4. The Morgan fingerprint density at radius 3 is 2.57 bits per heavy atom. The zero-order chi connectivity index (χ0) is 20.6. The number of hydrogen-bond donors (Lipinski definition) is 1. The summed E-state index contributed by atoms with van der Waals surface area (Å²) in [5.74, 6) is 6.41. The lowest BCUT2D eigenvalue weighted by Crippen LogP contribution is -2.63. The molecule has 0 radical (unpaired) electrons. The fourth-order valence-corrected chi connectivity index (χ4v) is 6.37. The van der Waals surface area contributed by atoms with Crippen LogP contribution in [0.2, 0.25) is 0 Å². The summed E-state index contributed by atoms with van der Waals surface area (Å²) in [6.07, 6.45) is 10.7. The van der Waals surface area contributed by atoms with Crippen molar-refractivity contribution in [2.24, 2.45) is 5.92 Å². The smallest absolute Gasteiger partial charge is 0.128 e. The second kappa shape index (κ2) is 8.26. The third-order valence-corrected chi connectivity index (χ3v) is 8.01. The van der Waals surface area contributed by atoms with Gasteiger partial charge in [0.05, 0.1) is 0 Å². The van der Waals surface area contributed by atoms with Gasteiger partial charge in [-0.2, -0.15) is 11.8 Å². The zero-order valence-electron chi connectivity index (χ0n) is 17.3. The van der Waals surface area contributed by atoms with E-state index in [0.29, 0.717) is 0 Å². The van der Waals surface area contributed by atoms with Crippen molar-refractivity contribution in [3.05, 3.63) is 59.3 Å². The number of benzene rings is 1. The number of aromatic nitrogens is 1. The van der Waals surface area contributed by atoms with Crippen LogP contribution < -0.4 is 4.90 Å². The van der Waals surface area contributed by atoms with Crippen LogP contribution in [0.25, 0.3) is 0 Å². The lowest BCUT2D eigenvalue weighted by molar-refractivity contribution is -0.143. The minimum Gasteiger partial charge on any atom is -0.382 e. The summed E-state index contributed by atoms with van der Waals surface area (Å²) >= 11 is 2.00. The van der Waals surface area contributed by atoms with Crippen molar-refractivity contribution in [1.82, 2.24) is 9.88 Å². The first-order valence-corrected chi connectivity index (χ1v) is 12.1. The number of thioether (sulfide) groups is 1. The fraction of sp³-hybridized carbons (Fsp3) is 0.480. The summed E-state index contributed by atoms with van der Waals surface area (Å²) in [6.45, 7) is 4.00. The molecule has 0 saturated carbocycles. The molecule has 1 aromatic heterocycles. The van der Waals surface area contributed by atoms with Crippen LogP contribution in [-0.4, -0.2) is 58.7 Å². The molecule has 4 aliphatic rings. The van der Waals surface area contributed by atoms with Crippen molar-refractivity contribution in [3.8, 4) is 12.3 Å². The first-order valence-electron chi connectivity index (χ1n) is 11.0. The van der Waals surface area contributed by atoms with E-state index in [-0.39, 0.29) is 12.0 Å². The van der Waals surface area contributed by atoms with E-state index in [1.54, 1.807) is 0 Å². The summed E-state index contributed by atoms with van der Waals surface area (Å²) in [7, 11) is 0. The molecule has 6 rings (SSSR count). The van der Waals surface area contributed by atoms with Gasteiger partial charge in [0.1, 0.15) is 17.5 Å². The first-order chi connectivity index (χ1) is 14.7. The molecule has 4 nitrogen and oxygen atoms in total. The van der Waals surface area contributed by atoms with E-state index in [4.69, 9.17) is 11.4 Å². The number of aliphatic hydroxyl groups is 1. The molecule has 156 valence electrons. The van der Waals surface area contributed by atoms with E-state index in [9.17, 15) is 5.11 Å². The second-order valence-electron chi connectivity index (χ2n) is 8.67. The van der Waals surface area contributed by atoms with Gasteiger partial charge < -0.3 is 10.0 Å². The monoisotopic (exact) mass is 419 g/mol. The Morgan fingerprint density at radius 2 is 1.87 bits per heavy atom. The van der Waals surface area contributed by atoms with Crippen LogP contribution in [0.1, 0.15) is 29.5 Å². The molecule has 4 aliphatic heterocycles. The molecule has 2 atom stereocenters. The van der Waals surface area contributed by atoms with E-state index in [1.165, 1.54) is 5.56 Å². The maximum absolute atomic E-state index is 12.1. The SMILES string of the molecule is C#CC1N2CCC(CC2)C1(O)c1cnc(N2CCSCC2)cc1Cc1ccccc1. The molecule has 0 spiro atoms. The molecule has 2 unspecified atom stereocenters. The molecule has 1 aromatic carbocycles. The number of piperidine rings is 3. The molecule has 0 aliphatic carbocycles. The Morgan fingerprint density at radius 1 is 1.13 bits per heavy atom. The topological polar surface area (TPSA) is 39.6 Å². The molecule has 5 heteroatoms. The molecule has 2 bridgehead atoms. The highest BCUT2D eigenvalue weighted by molar-refractivity contribution is 7.99. The normalized spacial score (nSPS) is 30.8. The maximum Gasteiger partial charge on any atom is 0.128 e. The molecule has 1 N–H and O–H groups in total. The number of rotatable bonds is 4. The van der Waals surface area contributed by atoms with Crippen LogP contribution in [0.4, 0.5) is 5.82 Å². The molecule has 4 fully saturated rings. The number of nitrogens with zero attached hydrogens (tertiary/aromatic N) is 3. The lowest BCUT2D eigenvalue weighted by Gasteiger charge is -2.54. The number of pyridine rings is 1. The summed E-state index contributed by atoms with van der Waals surface area (Å²) in [4.78, 5) is 9.50. The number of anilines is 1. The molecular weight excluding hydrogens is 390 g/mol. The Hall–Kier alpha value is -2.00. The summed E-state index contributed by atoms with van der Waals surface area (Å²) in [5.41, 5.74) is 2.30. The van der Waals surface area contributed by atoms with Crippen LogP contribution in [0.15, 0.2) is 42.6 Å². The van der Waals surface area contributed by atoms with Crippen molar-refractivity contribution in [2.75, 3.05) is 42.6 Å². The standard InChI is InChI=1S/C25H29N3OS/c1-2-23-25(29,21-8-10-27(23)11-9-21)22-18-26-24(28-12-14-30-15-13-28)17-20(22)16-19-6-4-3-5-7-19/h1,3-7,17-18,21,23,29H,8-16H2. The molecule has 0 amide bonds. The lowest BCUT2D eigenvalue weighted by atomic mass is 9.66. The molecular formula is C25H29N3OS. The van der Waals surface area contributed by atoms with Gasteiger partial charge in [0.25, 0.3) is 0 Å². The van der Waals surface area contributed by atoms with Gasteiger partial charge in [0.15, 0.2) is 0 Å². The van der Waals surface area contributed by atoms with Crippen LogP contribution >= 0.6 is 11.8 Å². The Balaban J connectivity index is 1.59. The van der Waals surface area contributed by atoms with Crippen LogP contribution in [0.3, 0.4) is 0 Å². The van der Waals surface area contributed by atoms with Crippen molar-refractivity contribution in [3.63, 3.8) is 0 Å². The van der Waals surface area contributed by atoms with Crippen LogP contribution in [-0.2, 0) is 12.0 Å². The van der Waals surface area contributed by atoms with Gasteiger partial charge in [0, 0.05) is 36.4 Å². The van der Waals surface area contributed by atoms with Gasteiger partial charge >= 0.3 is 0 Å². The molecule has 4 saturated heterocycles. The van der Waals surface area contributed by atoms with E-state index >= 15 is 0 Å². The predicted molar refractivity (Wildman–Crippen MR) is 124 cm³/mol. The average Bonchev–Trinajstić information content (AvgIpc) is 2.81. The zero-order valence-corrected chi connectivity index (χ0v) is 18.2. The fourth-order valence-electron chi connectivity index (χ4n) is 5.47. The largest absolute Gasteiger partial charge is 0.382 e. The Bertz CT molecular complexity index is 929. The van der Waals surface area contributed by atoms with Gasteiger partial charge in [-0.25, -0.2) is 4.98 Å². The van der Waals surface area contributed by atoms with E-state index < -0.39 is 5.60 Å². The third kappa shape index (κ3) is 3.41.